The maximum Gasteiger partial charge on any atom is 1.00 e. The van der Waals surface area contributed by atoms with E-state index < -0.39 is 0 Å². The monoisotopic (exact) mass is 613 g/mol. The maximum atomic E-state index is 11.9. The Bertz CT molecular complexity index is 1180. The van der Waals surface area contributed by atoms with Gasteiger partial charge in [0.05, 0.1) is 24.4 Å². The van der Waals surface area contributed by atoms with Crippen LogP contribution in [0.3, 0.4) is 0 Å². The van der Waals surface area contributed by atoms with Gasteiger partial charge in [-0.15, -0.1) is 0 Å². The fourth-order valence-electron chi connectivity index (χ4n) is 4.31. The fourth-order valence-corrected chi connectivity index (χ4v) is 4.31. The van der Waals surface area contributed by atoms with E-state index in [1.165, 1.54) is 0 Å². The van der Waals surface area contributed by atoms with E-state index in [-0.39, 0.29) is 69.5 Å². The summed E-state index contributed by atoms with van der Waals surface area (Å²) < 4.78 is 4.89. The number of H-pyrrole nitrogens is 2. The number of esters is 1. The number of aromatic amines is 2. The minimum Gasteiger partial charge on any atom is -1.00 e. The number of hydrogen-bond acceptors (Lipinski definition) is 12. The molecule has 0 amide bonds. The first kappa shape index (κ1) is 40.7. The van der Waals surface area contributed by atoms with Gasteiger partial charge in [-0.25, -0.2) is 9.97 Å². The van der Waals surface area contributed by atoms with Crippen LogP contribution in [0.25, 0.3) is 0 Å². The zero-order valence-corrected chi connectivity index (χ0v) is 28.3. The van der Waals surface area contributed by atoms with E-state index in [2.05, 4.69) is 43.8 Å². The second-order valence-electron chi connectivity index (χ2n) is 9.80. The van der Waals surface area contributed by atoms with Crippen LogP contribution in [0.1, 0.15) is 32.6 Å². The third-order valence-corrected chi connectivity index (χ3v) is 6.73. The Balaban J connectivity index is 0. The number of aryl methyl sites for hydroxylation is 2. The molecule has 4 rings (SSSR count). The maximum absolute atomic E-state index is 11.9. The van der Waals surface area contributed by atoms with Crippen LogP contribution in [-0.4, -0.2) is 141 Å². The van der Waals surface area contributed by atoms with Crippen LogP contribution in [0.5, 0.6) is 0 Å². The van der Waals surface area contributed by atoms with Crippen molar-refractivity contribution < 1.29 is 50.7 Å². The first-order valence-electron chi connectivity index (χ1n) is 14.1. The van der Waals surface area contributed by atoms with Crippen molar-refractivity contribution in [3.8, 4) is 0 Å². The van der Waals surface area contributed by atoms with E-state index in [1.54, 1.807) is 19.3 Å². The van der Waals surface area contributed by atoms with E-state index in [4.69, 9.17) is 14.9 Å². The number of ether oxygens (including phenoxy) is 1. The summed E-state index contributed by atoms with van der Waals surface area (Å²) in [4.78, 5) is 57.8. The molecule has 0 saturated carbocycles. The molecule has 0 atom stereocenters. The number of carbonyl (C=O) groups is 1. The molecule has 43 heavy (non-hydrogen) atoms. The molecule has 4 heterocycles. The number of carbonyl (C=O) groups excluding carboxylic acids is 1. The molecule has 235 valence electrons. The molecule has 16 heteroatoms. The van der Waals surface area contributed by atoms with Crippen LogP contribution >= 0.6 is 0 Å². The fraction of sp³-hybridized carbons (Fsp3) is 0.667. The molecule has 0 spiro atoms. The molecule has 2 aliphatic rings. The second kappa shape index (κ2) is 22.3. The number of aliphatic hydroxyl groups is 2. The number of likely N-dealkylation sites (N-methyl/N-ethyl adjacent to an activating group) is 2. The van der Waals surface area contributed by atoms with Gasteiger partial charge in [-0.2, -0.15) is 0 Å². The molecule has 2 saturated heterocycles. The number of rotatable bonds is 9. The predicted molar refractivity (Wildman–Crippen MR) is 165 cm³/mol. The summed E-state index contributed by atoms with van der Waals surface area (Å²) >= 11 is 0. The van der Waals surface area contributed by atoms with Crippen molar-refractivity contribution in [1.82, 2.24) is 29.7 Å². The summed E-state index contributed by atoms with van der Waals surface area (Å²) in [5, 5.41) is 15.8. The quantitative estimate of drug-likeness (QED) is 0.159. The Morgan fingerprint density at radius 2 is 1.28 bits per heavy atom. The van der Waals surface area contributed by atoms with Crippen LogP contribution in [-0.2, 0) is 22.4 Å². The summed E-state index contributed by atoms with van der Waals surface area (Å²) in [6.07, 6.45) is 5.30. The Kier molecular flexibility index (Phi) is 21.1. The number of nitrogens with zero attached hydrogens (tertiary/aromatic N) is 6. The van der Waals surface area contributed by atoms with Gasteiger partial charge in [-0.3, -0.25) is 14.4 Å². The molecular weight excluding hydrogens is 566 g/mol. The van der Waals surface area contributed by atoms with Crippen LogP contribution in [0.2, 0.25) is 0 Å². The third kappa shape index (κ3) is 13.9. The summed E-state index contributed by atoms with van der Waals surface area (Å²) in [6.45, 7) is 9.25. The molecule has 14 nitrogen and oxygen atoms in total. The number of aromatic nitrogens is 4. The summed E-state index contributed by atoms with van der Waals surface area (Å²) in [6, 6.07) is 0. The van der Waals surface area contributed by atoms with E-state index in [0.29, 0.717) is 43.2 Å². The minimum absolute atomic E-state index is 0. The molecule has 2 aromatic heterocycles. The SMILES string of the molecule is CCOC(=O)CCc1c[nH]c(=O)c(N2CCN(C)CC2)n1.CN1CCN(c2nc(CCCO)c[nH]c2=O)CC1.CO.[B].[H-].[Na+]. The first-order valence-corrected chi connectivity index (χ1v) is 14.1. The van der Waals surface area contributed by atoms with Gasteiger partial charge in [-0.1, -0.05) is 0 Å². The van der Waals surface area contributed by atoms with Crippen molar-refractivity contribution >= 4 is 26.0 Å². The van der Waals surface area contributed by atoms with E-state index in [9.17, 15) is 14.4 Å². The van der Waals surface area contributed by atoms with Crippen LogP contribution in [0.4, 0.5) is 11.6 Å². The number of aliphatic hydroxyl groups excluding tert-OH is 2. The molecule has 2 fully saturated rings. The van der Waals surface area contributed by atoms with Gasteiger partial charge in [0.15, 0.2) is 11.6 Å². The number of nitrogens with one attached hydrogen (secondary N) is 2. The largest absolute Gasteiger partial charge is 1.00 e. The zero-order valence-electron chi connectivity index (χ0n) is 27.3. The van der Waals surface area contributed by atoms with Crippen LogP contribution in [0.15, 0.2) is 22.0 Å². The average molecular weight is 614 g/mol. The summed E-state index contributed by atoms with van der Waals surface area (Å²) in [5.41, 5.74) is 1.22. The zero-order chi connectivity index (χ0) is 30.2. The third-order valence-electron chi connectivity index (χ3n) is 6.73. The Hall–Kier alpha value is -2.27. The summed E-state index contributed by atoms with van der Waals surface area (Å²) in [7, 11) is 5.14. The van der Waals surface area contributed by atoms with Gasteiger partial charge >= 0.3 is 35.5 Å². The van der Waals surface area contributed by atoms with Gasteiger partial charge in [-0.05, 0) is 33.9 Å². The van der Waals surface area contributed by atoms with Gasteiger partial charge in [0, 0.05) is 93.3 Å². The van der Waals surface area contributed by atoms with Gasteiger partial charge in [0.1, 0.15) is 0 Å². The Morgan fingerprint density at radius 1 is 0.860 bits per heavy atom. The number of anilines is 2. The molecule has 2 aliphatic heterocycles. The van der Waals surface area contributed by atoms with Gasteiger partial charge in [0.25, 0.3) is 11.1 Å². The van der Waals surface area contributed by atoms with Crippen molar-refractivity contribution in [2.45, 2.75) is 32.6 Å². The number of hydrogen-bond donors (Lipinski definition) is 4. The molecule has 0 bridgehead atoms. The Morgan fingerprint density at radius 3 is 1.67 bits per heavy atom. The second-order valence-corrected chi connectivity index (χ2v) is 9.80. The van der Waals surface area contributed by atoms with E-state index in [1.807, 2.05) is 9.80 Å². The molecule has 4 N–H and O–H groups in total. The van der Waals surface area contributed by atoms with Gasteiger partial charge in [0.2, 0.25) is 0 Å². The normalized spacial score (nSPS) is 15.1. The van der Waals surface area contributed by atoms with Crippen molar-refractivity contribution in [2.75, 3.05) is 96.6 Å². The smallest absolute Gasteiger partial charge is 1.00 e. The average Bonchev–Trinajstić information content (AvgIpc) is 2.99. The molecular formula is C27H47BN8NaO6. The number of piperazine rings is 2. The van der Waals surface area contributed by atoms with Crippen LogP contribution < -0.4 is 50.5 Å². The van der Waals surface area contributed by atoms with E-state index >= 15 is 0 Å². The molecule has 3 radical (unpaired) electrons. The minimum atomic E-state index is -0.244. The van der Waals surface area contributed by atoms with Crippen molar-refractivity contribution in [3.63, 3.8) is 0 Å². The molecule has 2 aromatic rings. The van der Waals surface area contributed by atoms with Gasteiger partial charge < -0.3 is 45.9 Å². The topological polar surface area (TPSA) is 171 Å². The molecule has 0 aliphatic carbocycles. The molecule has 0 unspecified atom stereocenters. The Labute approximate surface area is 279 Å². The van der Waals surface area contributed by atoms with E-state index in [0.717, 1.165) is 65.2 Å². The molecule has 0 aromatic carbocycles. The summed E-state index contributed by atoms with van der Waals surface area (Å²) in [5.74, 6) is 0.717. The standard InChI is InChI=1S/C14H22N4O3.C12H20N4O2.CH4O.B.Na.H/c1-3-21-12(19)5-4-11-10-15-14(20)13(16-11)18-8-6-17(2)7-9-18;1-15-4-6-16(7-5-15)11-12(18)13-9-10(14-11)3-2-8-17;1-2;;;/h10H,3-9H2,1-2H3,(H,15,20);9,17H,2-8H2,1H3,(H,13,18);2H,1H3;;;/q;;;;+1;-1. The first-order chi connectivity index (χ1) is 19.8. The van der Waals surface area contributed by atoms with Crippen LogP contribution in [0, 0.1) is 0 Å². The van der Waals surface area contributed by atoms with Crippen molar-refractivity contribution in [1.29, 1.82) is 0 Å². The van der Waals surface area contributed by atoms with Crippen molar-refractivity contribution in [3.05, 3.63) is 44.5 Å². The predicted octanol–water partition coefficient (Wildman–Crippen LogP) is -4.19. The van der Waals surface area contributed by atoms with Crippen molar-refractivity contribution in [2.24, 2.45) is 0 Å².